The van der Waals surface area contributed by atoms with E-state index in [4.69, 9.17) is 10.5 Å². The van der Waals surface area contributed by atoms with Crippen LogP contribution in [0, 0.1) is 29.4 Å². The second-order valence-corrected chi connectivity index (χ2v) is 5.87. The van der Waals surface area contributed by atoms with Crippen LogP contribution in [0.5, 0.6) is 5.75 Å². The van der Waals surface area contributed by atoms with E-state index in [2.05, 4.69) is 0 Å². The van der Waals surface area contributed by atoms with Crippen LogP contribution in [0.25, 0.3) is 0 Å². The van der Waals surface area contributed by atoms with Crippen LogP contribution in [0.15, 0.2) is 12.1 Å². The Bertz CT molecular complexity index is 468. The normalized spacial score (nSPS) is 30.6. The van der Waals surface area contributed by atoms with Crippen molar-refractivity contribution < 1.29 is 13.5 Å². The summed E-state index contributed by atoms with van der Waals surface area (Å²) in [5, 5.41) is 0. The van der Waals surface area contributed by atoms with Crippen LogP contribution < -0.4 is 10.5 Å². The first kappa shape index (κ1) is 12.9. The Labute approximate surface area is 111 Å². The molecule has 2 saturated carbocycles. The molecule has 0 aromatic heterocycles. The minimum atomic E-state index is -0.591. The van der Waals surface area contributed by atoms with Crippen molar-refractivity contribution in [2.24, 2.45) is 23.5 Å². The first-order valence-electron chi connectivity index (χ1n) is 6.88. The third kappa shape index (κ3) is 2.12. The van der Waals surface area contributed by atoms with Crippen molar-refractivity contribution in [2.45, 2.75) is 31.7 Å². The maximum Gasteiger partial charge on any atom is 0.134 e. The molecule has 19 heavy (non-hydrogen) atoms. The summed E-state index contributed by atoms with van der Waals surface area (Å²) in [5.41, 5.74) is 6.19. The molecule has 4 unspecified atom stereocenters. The fourth-order valence-corrected chi connectivity index (χ4v) is 3.95. The van der Waals surface area contributed by atoms with Gasteiger partial charge in [0.25, 0.3) is 0 Å². The Hall–Kier alpha value is -1.16. The summed E-state index contributed by atoms with van der Waals surface area (Å²) in [6.07, 6.45) is 4.60. The number of nitrogens with two attached hydrogens (primary N) is 1. The number of fused-ring (bicyclic) bond motifs is 2. The van der Waals surface area contributed by atoms with Crippen molar-refractivity contribution in [1.82, 2.24) is 0 Å². The number of ether oxygens (including phenoxy) is 1. The Morgan fingerprint density at radius 1 is 1.21 bits per heavy atom. The van der Waals surface area contributed by atoms with E-state index in [0.717, 1.165) is 12.8 Å². The third-order valence-corrected chi connectivity index (χ3v) is 4.88. The van der Waals surface area contributed by atoms with Crippen LogP contribution in [0.1, 0.15) is 37.3 Å². The number of halogens is 2. The Kier molecular flexibility index (Phi) is 3.21. The van der Waals surface area contributed by atoms with E-state index in [0.29, 0.717) is 11.8 Å². The van der Waals surface area contributed by atoms with Gasteiger partial charge < -0.3 is 10.5 Å². The molecule has 0 aliphatic heterocycles. The summed E-state index contributed by atoms with van der Waals surface area (Å²) < 4.78 is 33.0. The van der Waals surface area contributed by atoms with Crippen LogP contribution in [-0.4, -0.2) is 7.11 Å². The fraction of sp³-hybridized carbons (Fsp3) is 0.600. The molecule has 2 nitrogen and oxygen atoms in total. The first-order chi connectivity index (χ1) is 9.10. The molecular formula is C15H19F2NO. The maximum absolute atomic E-state index is 14.0. The highest BCUT2D eigenvalue weighted by Crippen LogP contribution is 2.52. The zero-order chi connectivity index (χ0) is 13.6. The minimum Gasteiger partial charge on any atom is -0.497 e. The molecule has 0 spiro atoms. The van der Waals surface area contributed by atoms with E-state index in [1.54, 1.807) is 0 Å². The highest BCUT2D eigenvalue weighted by Gasteiger charge is 2.43. The molecule has 4 atom stereocenters. The van der Waals surface area contributed by atoms with Crippen molar-refractivity contribution in [3.05, 3.63) is 29.3 Å². The Balaban J connectivity index is 1.89. The second-order valence-electron chi connectivity index (χ2n) is 5.87. The molecular weight excluding hydrogens is 248 g/mol. The topological polar surface area (TPSA) is 35.2 Å². The molecule has 0 heterocycles. The van der Waals surface area contributed by atoms with Crippen molar-refractivity contribution in [2.75, 3.05) is 7.11 Å². The van der Waals surface area contributed by atoms with E-state index in [1.807, 2.05) is 0 Å². The molecule has 0 saturated heterocycles. The van der Waals surface area contributed by atoms with Gasteiger partial charge in [0.05, 0.1) is 7.11 Å². The molecule has 2 aliphatic rings. The van der Waals surface area contributed by atoms with Gasteiger partial charge in [0, 0.05) is 23.7 Å². The maximum atomic E-state index is 14.0. The molecule has 2 bridgehead atoms. The highest BCUT2D eigenvalue weighted by molar-refractivity contribution is 5.33. The van der Waals surface area contributed by atoms with Crippen LogP contribution in [-0.2, 0) is 0 Å². The fourth-order valence-electron chi connectivity index (χ4n) is 3.95. The summed E-state index contributed by atoms with van der Waals surface area (Å²) in [5.74, 6) is 0.487. The van der Waals surface area contributed by atoms with Gasteiger partial charge >= 0.3 is 0 Å². The van der Waals surface area contributed by atoms with Crippen LogP contribution in [0.4, 0.5) is 8.78 Å². The smallest absolute Gasteiger partial charge is 0.134 e. The summed E-state index contributed by atoms with van der Waals surface area (Å²) in [7, 11) is 1.39. The van der Waals surface area contributed by atoms with Crippen molar-refractivity contribution >= 4 is 0 Å². The number of methoxy groups -OCH3 is 1. The lowest BCUT2D eigenvalue weighted by atomic mass is 9.80. The predicted octanol–water partition coefficient (Wildman–Crippen LogP) is 3.41. The Morgan fingerprint density at radius 2 is 1.89 bits per heavy atom. The van der Waals surface area contributed by atoms with Gasteiger partial charge in [0.1, 0.15) is 17.4 Å². The quantitative estimate of drug-likeness (QED) is 0.910. The predicted molar refractivity (Wildman–Crippen MR) is 68.8 cm³/mol. The van der Waals surface area contributed by atoms with Gasteiger partial charge in [-0.1, -0.05) is 6.42 Å². The largest absolute Gasteiger partial charge is 0.497 e. The van der Waals surface area contributed by atoms with Gasteiger partial charge in [-0.05, 0) is 37.0 Å². The van der Waals surface area contributed by atoms with E-state index in [9.17, 15) is 8.78 Å². The lowest BCUT2D eigenvalue weighted by Crippen LogP contribution is -2.27. The van der Waals surface area contributed by atoms with Crippen LogP contribution in [0.2, 0.25) is 0 Å². The van der Waals surface area contributed by atoms with Crippen LogP contribution in [0.3, 0.4) is 0 Å². The van der Waals surface area contributed by atoms with Gasteiger partial charge in [0.15, 0.2) is 0 Å². The van der Waals surface area contributed by atoms with Crippen molar-refractivity contribution in [3.63, 3.8) is 0 Å². The van der Waals surface area contributed by atoms with E-state index >= 15 is 0 Å². The van der Waals surface area contributed by atoms with Gasteiger partial charge in [0.2, 0.25) is 0 Å². The van der Waals surface area contributed by atoms with Crippen molar-refractivity contribution in [1.29, 1.82) is 0 Å². The van der Waals surface area contributed by atoms with Gasteiger partial charge in [-0.2, -0.15) is 0 Å². The zero-order valence-corrected chi connectivity index (χ0v) is 11.0. The zero-order valence-electron chi connectivity index (χ0n) is 11.0. The monoisotopic (exact) mass is 267 g/mol. The molecule has 1 aromatic rings. The Morgan fingerprint density at radius 3 is 2.37 bits per heavy atom. The third-order valence-electron chi connectivity index (χ3n) is 4.88. The minimum absolute atomic E-state index is 0.0263. The molecule has 2 fully saturated rings. The molecule has 2 aliphatic carbocycles. The SMILES string of the molecule is COc1cc(F)c(C(N)C2CC3CCC2C3)c(F)c1. The van der Waals surface area contributed by atoms with Crippen LogP contribution >= 0.6 is 0 Å². The molecule has 4 heteroatoms. The highest BCUT2D eigenvalue weighted by atomic mass is 19.1. The van der Waals surface area contributed by atoms with Gasteiger partial charge in [-0.3, -0.25) is 0 Å². The molecule has 0 radical (unpaired) electrons. The second kappa shape index (κ2) is 4.75. The molecule has 2 N–H and O–H groups in total. The number of hydrogen-bond acceptors (Lipinski definition) is 2. The lowest BCUT2D eigenvalue weighted by Gasteiger charge is -2.28. The number of benzene rings is 1. The summed E-state index contributed by atoms with van der Waals surface area (Å²) in [6, 6.07) is 1.89. The average Bonchev–Trinajstić information content (AvgIpc) is 2.99. The van der Waals surface area contributed by atoms with E-state index in [-0.39, 0.29) is 17.2 Å². The first-order valence-corrected chi connectivity index (χ1v) is 6.88. The molecule has 1 aromatic carbocycles. The van der Waals surface area contributed by atoms with E-state index in [1.165, 1.54) is 32.1 Å². The number of rotatable bonds is 3. The number of hydrogen-bond donors (Lipinski definition) is 1. The molecule has 0 amide bonds. The van der Waals surface area contributed by atoms with Crippen molar-refractivity contribution in [3.8, 4) is 5.75 Å². The van der Waals surface area contributed by atoms with Gasteiger partial charge in [-0.15, -0.1) is 0 Å². The van der Waals surface area contributed by atoms with Gasteiger partial charge in [-0.25, -0.2) is 8.78 Å². The standard InChI is InChI=1S/C15H19F2NO/c1-19-10-6-12(16)14(13(17)7-10)15(18)11-5-8-2-3-9(11)4-8/h6-9,11,15H,2-5,18H2,1H3. The summed E-state index contributed by atoms with van der Waals surface area (Å²) in [4.78, 5) is 0. The molecule has 3 rings (SSSR count). The summed E-state index contributed by atoms with van der Waals surface area (Å²) >= 11 is 0. The lowest BCUT2D eigenvalue weighted by molar-refractivity contribution is 0.275. The van der Waals surface area contributed by atoms with E-state index < -0.39 is 17.7 Å². The summed E-state index contributed by atoms with van der Waals surface area (Å²) in [6.45, 7) is 0. The molecule has 104 valence electrons. The average molecular weight is 267 g/mol.